The molecule has 0 saturated heterocycles. The summed E-state index contributed by atoms with van der Waals surface area (Å²) in [6.45, 7) is 0. The van der Waals surface area contributed by atoms with E-state index in [1.807, 2.05) is 54.6 Å². The highest BCUT2D eigenvalue weighted by atomic mass is 35.5. The van der Waals surface area contributed by atoms with Gasteiger partial charge in [0, 0.05) is 26.6 Å². The maximum atomic E-state index is 13.5. The van der Waals surface area contributed by atoms with Gasteiger partial charge in [-0.05, 0) is 66.7 Å². The standard InChI is InChI=1S/C29H19ClF3N3OS/c30-24-8-4-5-9-25(24)36-26(18-27(35-36)29(31,32)33)19-10-12-20(13-11-19)28(37)34-21-14-16-23(17-15-21)38-22-6-2-1-3-7-22/h1-18H,(H,34,37). The lowest BCUT2D eigenvalue weighted by atomic mass is 10.1. The molecule has 1 N–H and O–H groups in total. The van der Waals surface area contributed by atoms with Gasteiger partial charge in [0.05, 0.1) is 16.4 Å². The van der Waals surface area contributed by atoms with Gasteiger partial charge in [-0.2, -0.15) is 18.3 Å². The largest absolute Gasteiger partial charge is 0.435 e. The van der Waals surface area contributed by atoms with E-state index in [0.29, 0.717) is 22.5 Å². The summed E-state index contributed by atoms with van der Waals surface area (Å²) in [5.74, 6) is -0.337. The average molecular weight is 550 g/mol. The maximum absolute atomic E-state index is 13.5. The minimum absolute atomic E-state index is 0.198. The SMILES string of the molecule is O=C(Nc1ccc(Sc2ccccc2)cc1)c1ccc(-c2cc(C(F)(F)F)nn2-c2ccccc2Cl)cc1. The lowest BCUT2D eigenvalue weighted by molar-refractivity contribution is -0.141. The summed E-state index contributed by atoms with van der Waals surface area (Å²) in [4.78, 5) is 15.0. The number of anilines is 1. The molecular weight excluding hydrogens is 531 g/mol. The molecule has 0 atom stereocenters. The van der Waals surface area contributed by atoms with Crippen LogP contribution in [0.4, 0.5) is 18.9 Å². The summed E-state index contributed by atoms with van der Waals surface area (Å²) < 4.78 is 41.5. The zero-order chi connectivity index (χ0) is 26.7. The summed E-state index contributed by atoms with van der Waals surface area (Å²) >= 11 is 7.86. The van der Waals surface area contributed by atoms with E-state index in [4.69, 9.17) is 11.6 Å². The number of carbonyl (C=O) groups excluding carboxylic acids is 1. The van der Waals surface area contributed by atoms with Crippen molar-refractivity contribution in [2.24, 2.45) is 0 Å². The predicted molar refractivity (Wildman–Crippen MR) is 144 cm³/mol. The van der Waals surface area contributed by atoms with Gasteiger partial charge in [0.1, 0.15) is 0 Å². The topological polar surface area (TPSA) is 46.9 Å². The number of aromatic nitrogens is 2. The second kappa shape index (κ2) is 10.8. The smallest absolute Gasteiger partial charge is 0.322 e. The number of amides is 1. The molecule has 0 saturated carbocycles. The van der Waals surface area contributed by atoms with Gasteiger partial charge >= 0.3 is 6.18 Å². The second-order valence-corrected chi connectivity index (χ2v) is 9.80. The number of nitrogens with zero attached hydrogens (tertiary/aromatic N) is 2. The van der Waals surface area contributed by atoms with E-state index in [9.17, 15) is 18.0 Å². The molecule has 1 aromatic heterocycles. The molecule has 5 rings (SSSR count). The van der Waals surface area contributed by atoms with E-state index in [2.05, 4.69) is 10.4 Å². The first-order valence-electron chi connectivity index (χ1n) is 11.4. The van der Waals surface area contributed by atoms with Crippen LogP contribution in [0.5, 0.6) is 0 Å². The van der Waals surface area contributed by atoms with Crippen molar-refractivity contribution in [3.63, 3.8) is 0 Å². The van der Waals surface area contributed by atoms with Crippen LogP contribution >= 0.6 is 23.4 Å². The number of benzene rings is 4. The van der Waals surface area contributed by atoms with Crippen molar-refractivity contribution in [3.8, 4) is 16.9 Å². The molecule has 0 aliphatic rings. The van der Waals surface area contributed by atoms with Crippen LogP contribution in [-0.2, 0) is 6.18 Å². The summed E-state index contributed by atoms with van der Waals surface area (Å²) in [6, 6.07) is 31.2. The van der Waals surface area contributed by atoms with E-state index < -0.39 is 11.9 Å². The Kier molecular flexibility index (Phi) is 7.26. The Balaban J connectivity index is 1.35. The quantitative estimate of drug-likeness (QED) is 0.231. The maximum Gasteiger partial charge on any atom is 0.435 e. The van der Waals surface area contributed by atoms with Gasteiger partial charge in [-0.3, -0.25) is 4.79 Å². The van der Waals surface area contributed by atoms with Gasteiger partial charge in [-0.25, -0.2) is 4.68 Å². The van der Waals surface area contributed by atoms with Crippen LogP contribution in [-0.4, -0.2) is 15.7 Å². The monoisotopic (exact) mass is 549 g/mol. The van der Waals surface area contributed by atoms with E-state index in [-0.39, 0.29) is 16.6 Å². The van der Waals surface area contributed by atoms with E-state index >= 15 is 0 Å². The summed E-state index contributed by atoms with van der Waals surface area (Å²) in [5, 5.41) is 6.87. The Labute approximate surface area is 226 Å². The van der Waals surface area contributed by atoms with Gasteiger partial charge in [0.2, 0.25) is 0 Å². The molecule has 0 bridgehead atoms. The fourth-order valence-corrected chi connectivity index (χ4v) is 4.81. The third kappa shape index (κ3) is 5.77. The molecule has 38 heavy (non-hydrogen) atoms. The molecule has 0 fully saturated rings. The van der Waals surface area contributed by atoms with Crippen LogP contribution in [0.25, 0.3) is 16.9 Å². The number of nitrogens with one attached hydrogen (secondary N) is 1. The fraction of sp³-hybridized carbons (Fsp3) is 0.0345. The summed E-state index contributed by atoms with van der Waals surface area (Å²) in [6.07, 6.45) is -4.63. The number of alkyl halides is 3. The minimum Gasteiger partial charge on any atom is -0.322 e. The normalized spacial score (nSPS) is 11.4. The Morgan fingerprint density at radius 1 is 0.816 bits per heavy atom. The molecule has 190 valence electrons. The first kappa shape index (κ1) is 25.6. The highest BCUT2D eigenvalue weighted by Gasteiger charge is 2.35. The van der Waals surface area contributed by atoms with E-state index in [0.717, 1.165) is 20.5 Å². The lowest BCUT2D eigenvalue weighted by Crippen LogP contribution is -2.11. The number of hydrogen-bond donors (Lipinski definition) is 1. The molecule has 0 radical (unpaired) electrons. The molecule has 4 nitrogen and oxygen atoms in total. The van der Waals surface area contributed by atoms with Crippen molar-refractivity contribution >= 4 is 35.0 Å². The van der Waals surface area contributed by atoms with Crippen LogP contribution < -0.4 is 5.32 Å². The average Bonchev–Trinajstić information content (AvgIpc) is 3.37. The van der Waals surface area contributed by atoms with E-state index in [1.165, 1.54) is 0 Å². The third-order valence-corrected chi connectivity index (χ3v) is 6.95. The van der Waals surface area contributed by atoms with Crippen molar-refractivity contribution in [2.45, 2.75) is 16.0 Å². The molecule has 0 aliphatic carbocycles. The van der Waals surface area contributed by atoms with Crippen LogP contribution in [0.3, 0.4) is 0 Å². The Bertz CT molecular complexity index is 1570. The number of carbonyl (C=O) groups is 1. The molecule has 4 aromatic carbocycles. The Morgan fingerprint density at radius 2 is 1.45 bits per heavy atom. The molecule has 0 unspecified atom stereocenters. The zero-order valence-corrected chi connectivity index (χ0v) is 21.2. The van der Waals surface area contributed by atoms with Gasteiger partial charge in [-0.1, -0.05) is 65.8 Å². The molecule has 1 amide bonds. The van der Waals surface area contributed by atoms with Crippen LogP contribution in [0.2, 0.25) is 5.02 Å². The zero-order valence-electron chi connectivity index (χ0n) is 19.6. The highest BCUT2D eigenvalue weighted by molar-refractivity contribution is 7.99. The van der Waals surface area contributed by atoms with Crippen LogP contribution in [0, 0.1) is 0 Å². The molecule has 9 heteroatoms. The van der Waals surface area contributed by atoms with Gasteiger partial charge in [0.25, 0.3) is 5.91 Å². The van der Waals surface area contributed by atoms with Gasteiger partial charge in [0.15, 0.2) is 5.69 Å². The molecule has 1 heterocycles. The first-order chi connectivity index (χ1) is 18.3. The number of halogens is 4. The van der Waals surface area contributed by atoms with Crippen molar-refractivity contribution < 1.29 is 18.0 Å². The second-order valence-electron chi connectivity index (χ2n) is 8.25. The number of para-hydroxylation sites is 1. The molecule has 0 aliphatic heterocycles. The minimum atomic E-state index is -4.63. The predicted octanol–water partition coefficient (Wildman–Crippen LogP) is 8.62. The third-order valence-electron chi connectivity index (χ3n) is 5.61. The molecule has 0 spiro atoms. The first-order valence-corrected chi connectivity index (χ1v) is 12.6. The van der Waals surface area contributed by atoms with Crippen molar-refractivity contribution in [1.29, 1.82) is 0 Å². The van der Waals surface area contributed by atoms with Crippen LogP contribution in [0.1, 0.15) is 16.1 Å². The number of hydrogen-bond acceptors (Lipinski definition) is 3. The van der Waals surface area contributed by atoms with Crippen molar-refractivity contribution in [3.05, 3.63) is 125 Å². The Morgan fingerprint density at radius 3 is 2.11 bits per heavy atom. The Hall–Kier alpha value is -4.01. The highest BCUT2D eigenvalue weighted by Crippen LogP contribution is 2.35. The molecule has 5 aromatic rings. The van der Waals surface area contributed by atoms with Crippen molar-refractivity contribution in [1.82, 2.24) is 9.78 Å². The fourth-order valence-electron chi connectivity index (χ4n) is 3.76. The number of rotatable bonds is 6. The van der Waals surface area contributed by atoms with Gasteiger partial charge < -0.3 is 5.32 Å². The summed E-state index contributed by atoms with van der Waals surface area (Å²) in [7, 11) is 0. The summed E-state index contributed by atoms with van der Waals surface area (Å²) in [5.41, 5.74) is 0.911. The lowest BCUT2D eigenvalue weighted by Gasteiger charge is -2.10. The van der Waals surface area contributed by atoms with E-state index in [1.54, 1.807) is 60.3 Å². The van der Waals surface area contributed by atoms with Crippen LogP contribution in [0.15, 0.2) is 119 Å². The molecular formula is C29H19ClF3N3OS. The van der Waals surface area contributed by atoms with Crippen molar-refractivity contribution in [2.75, 3.05) is 5.32 Å². The van der Waals surface area contributed by atoms with Gasteiger partial charge in [-0.15, -0.1) is 0 Å².